The summed E-state index contributed by atoms with van der Waals surface area (Å²) >= 11 is 5.81. The van der Waals surface area contributed by atoms with Crippen molar-refractivity contribution in [1.82, 2.24) is 5.32 Å². The molecule has 0 unspecified atom stereocenters. The SMILES string of the molecule is O=C(O)CCCCCCNC(=O)c1cccc(Cl)c1. The van der Waals surface area contributed by atoms with Gasteiger partial charge in [-0.2, -0.15) is 0 Å². The van der Waals surface area contributed by atoms with Gasteiger partial charge in [0.05, 0.1) is 0 Å². The number of hydrogen-bond acceptors (Lipinski definition) is 2. The molecule has 19 heavy (non-hydrogen) atoms. The Hall–Kier alpha value is -1.55. The first-order valence-electron chi connectivity index (χ1n) is 6.35. The molecule has 0 aromatic heterocycles. The summed E-state index contributed by atoms with van der Waals surface area (Å²) in [5.41, 5.74) is 0.554. The first-order valence-corrected chi connectivity index (χ1v) is 6.73. The monoisotopic (exact) mass is 283 g/mol. The molecule has 104 valence electrons. The number of carbonyl (C=O) groups excluding carboxylic acids is 1. The Labute approximate surface area is 117 Å². The molecule has 0 heterocycles. The van der Waals surface area contributed by atoms with Crippen LogP contribution >= 0.6 is 11.6 Å². The summed E-state index contributed by atoms with van der Waals surface area (Å²) in [6.07, 6.45) is 3.56. The lowest BCUT2D eigenvalue weighted by Gasteiger charge is -2.05. The molecule has 0 radical (unpaired) electrons. The number of hydrogen-bond donors (Lipinski definition) is 2. The van der Waals surface area contributed by atoms with Crippen molar-refractivity contribution in [3.05, 3.63) is 34.9 Å². The van der Waals surface area contributed by atoms with Gasteiger partial charge in [-0.3, -0.25) is 9.59 Å². The Bertz CT molecular complexity index is 434. The number of unbranched alkanes of at least 4 members (excludes halogenated alkanes) is 3. The van der Waals surface area contributed by atoms with Gasteiger partial charge in [0, 0.05) is 23.6 Å². The van der Waals surface area contributed by atoms with Crippen molar-refractivity contribution in [1.29, 1.82) is 0 Å². The fourth-order valence-corrected chi connectivity index (χ4v) is 1.88. The number of benzene rings is 1. The first kappa shape index (κ1) is 15.5. The van der Waals surface area contributed by atoms with Crippen LogP contribution in [-0.2, 0) is 4.79 Å². The zero-order chi connectivity index (χ0) is 14.1. The predicted octanol–water partition coefficient (Wildman–Crippen LogP) is 3.10. The summed E-state index contributed by atoms with van der Waals surface area (Å²) in [4.78, 5) is 22.0. The minimum absolute atomic E-state index is 0.131. The minimum atomic E-state index is -0.755. The van der Waals surface area contributed by atoms with Crippen molar-refractivity contribution in [3.8, 4) is 0 Å². The second-order valence-corrected chi connectivity index (χ2v) is 4.76. The number of halogens is 1. The van der Waals surface area contributed by atoms with Gasteiger partial charge in [-0.05, 0) is 31.0 Å². The molecule has 1 amide bonds. The van der Waals surface area contributed by atoms with E-state index in [1.165, 1.54) is 0 Å². The Balaban J connectivity index is 2.12. The van der Waals surface area contributed by atoms with Crippen molar-refractivity contribution in [2.24, 2.45) is 0 Å². The normalized spacial score (nSPS) is 10.2. The van der Waals surface area contributed by atoms with Crippen LogP contribution in [-0.4, -0.2) is 23.5 Å². The zero-order valence-electron chi connectivity index (χ0n) is 10.7. The van der Waals surface area contributed by atoms with E-state index in [1.54, 1.807) is 24.3 Å². The van der Waals surface area contributed by atoms with Crippen molar-refractivity contribution >= 4 is 23.5 Å². The first-order chi connectivity index (χ1) is 9.09. The van der Waals surface area contributed by atoms with Gasteiger partial charge >= 0.3 is 5.97 Å². The number of nitrogens with one attached hydrogen (secondary N) is 1. The van der Waals surface area contributed by atoms with E-state index in [9.17, 15) is 9.59 Å². The van der Waals surface area contributed by atoms with Crippen molar-refractivity contribution < 1.29 is 14.7 Å². The molecule has 0 atom stereocenters. The molecule has 0 saturated heterocycles. The molecule has 0 aliphatic rings. The van der Waals surface area contributed by atoms with Gasteiger partial charge in [0.1, 0.15) is 0 Å². The van der Waals surface area contributed by atoms with E-state index in [0.29, 0.717) is 23.6 Å². The van der Waals surface area contributed by atoms with Crippen molar-refractivity contribution in [2.75, 3.05) is 6.54 Å². The topological polar surface area (TPSA) is 66.4 Å². The van der Waals surface area contributed by atoms with Crippen LogP contribution in [0.5, 0.6) is 0 Å². The highest BCUT2D eigenvalue weighted by atomic mass is 35.5. The molecule has 1 rings (SSSR count). The summed E-state index contributed by atoms with van der Waals surface area (Å²) in [5, 5.41) is 11.8. The molecule has 0 saturated carbocycles. The molecule has 1 aromatic rings. The van der Waals surface area contributed by atoms with Crippen LogP contribution in [0.1, 0.15) is 42.5 Å². The Kier molecular flexibility index (Phi) is 6.97. The van der Waals surface area contributed by atoms with Gasteiger partial charge in [0.15, 0.2) is 0 Å². The van der Waals surface area contributed by atoms with E-state index in [0.717, 1.165) is 19.3 Å². The molecule has 5 heteroatoms. The van der Waals surface area contributed by atoms with E-state index in [-0.39, 0.29) is 12.3 Å². The fourth-order valence-electron chi connectivity index (χ4n) is 1.69. The number of amides is 1. The van der Waals surface area contributed by atoms with Gasteiger partial charge < -0.3 is 10.4 Å². The van der Waals surface area contributed by atoms with Gasteiger partial charge in [-0.15, -0.1) is 0 Å². The van der Waals surface area contributed by atoms with Crippen LogP contribution in [0.3, 0.4) is 0 Å². The summed E-state index contributed by atoms with van der Waals surface area (Å²) in [6.45, 7) is 0.596. The molecular formula is C14H18ClNO3. The molecule has 0 aliphatic heterocycles. The van der Waals surface area contributed by atoms with E-state index < -0.39 is 5.97 Å². The Morgan fingerprint density at radius 1 is 1.16 bits per heavy atom. The molecule has 4 nitrogen and oxygen atoms in total. The van der Waals surface area contributed by atoms with Gasteiger partial charge in [-0.25, -0.2) is 0 Å². The van der Waals surface area contributed by atoms with Crippen LogP contribution in [0.2, 0.25) is 5.02 Å². The van der Waals surface area contributed by atoms with E-state index in [4.69, 9.17) is 16.7 Å². The van der Waals surface area contributed by atoms with Crippen molar-refractivity contribution in [2.45, 2.75) is 32.1 Å². The molecule has 2 N–H and O–H groups in total. The minimum Gasteiger partial charge on any atom is -0.481 e. The average Bonchev–Trinajstić information content (AvgIpc) is 2.37. The van der Waals surface area contributed by atoms with Crippen LogP contribution in [0.4, 0.5) is 0 Å². The number of aliphatic carboxylic acids is 1. The van der Waals surface area contributed by atoms with Gasteiger partial charge in [0.25, 0.3) is 5.91 Å². The number of rotatable bonds is 8. The van der Waals surface area contributed by atoms with E-state index in [1.807, 2.05) is 0 Å². The summed E-state index contributed by atoms with van der Waals surface area (Å²) in [5.74, 6) is -0.887. The average molecular weight is 284 g/mol. The van der Waals surface area contributed by atoms with Crippen LogP contribution in [0, 0.1) is 0 Å². The largest absolute Gasteiger partial charge is 0.481 e. The number of carboxylic acid groups (broad SMARTS) is 1. The molecule has 0 bridgehead atoms. The Morgan fingerprint density at radius 2 is 1.89 bits per heavy atom. The molecule has 0 aliphatic carbocycles. The lowest BCUT2D eigenvalue weighted by atomic mass is 10.1. The maximum Gasteiger partial charge on any atom is 0.303 e. The van der Waals surface area contributed by atoms with Crippen molar-refractivity contribution in [3.63, 3.8) is 0 Å². The number of carbonyl (C=O) groups is 2. The highest BCUT2D eigenvalue weighted by molar-refractivity contribution is 6.30. The lowest BCUT2D eigenvalue weighted by Crippen LogP contribution is -2.24. The second-order valence-electron chi connectivity index (χ2n) is 4.32. The van der Waals surface area contributed by atoms with Gasteiger partial charge in [0.2, 0.25) is 0 Å². The third kappa shape index (κ3) is 6.82. The highest BCUT2D eigenvalue weighted by Crippen LogP contribution is 2.10. The van der Waals surface area contributed by atoms with Crippen LogP contribution in [0.25, 0.3) is 0 Å². The maximum atomic E-state index is 11.7. The third-order valence-corrected chi connectivity index (χ3v) is 2.92. The number of carboxylic acids is 1. The predicted molar refractivity (Wildman–Crippen MR) is 74.5 cm³/mol. The van der Waals surface area contributed by atoms with E-state index >= 15 is 0 Å². The standard InChI is InChI=1S/C14H18ClNO3/c15-12-7-5-6-11(10-12)14(19)16-9-4-2-1-3-8-13(17)18/h5-7,10H,1-4,8-9H2,(H,16,19)(H,17,18). The van der Waals surface area contributed by atoms with Gasteiger partial charge in [-0.1, -0.05) is 30.5 Å². The van der Waals surface area contributed by atoms with E-state index in [2.05, 4.69) is 5.32 Å². The quantitative estimate of drug-likeness (QED) is 0.721. The summed E-state index contributed by atoms with van der Waals surface area (Å²) < 4.78 is 0. The highest BCUT2D eigenvalue weighted by Gasteiger charge is 2.04. The Morgan fingerprint density at radius 3 is 2.58 bits per heavy atom. The van der Waals surface area contributed by atoms with Crippen LogP contribution < -0.4 is 5.32 Å². The lowest BCUT2D eigenvalue weighted by molar-refractivity contribution is -0.137. The molecule has 0 spiro atoms. The zero-order valence-corrected chi connectivity index (χ0v) is 11.4. The van der Waals surface area contributed by atoms with Crippen LogP contribution in [0.15, 0.2) is 24.3 Å². The molecular weight excluding hydrogens is 266 g/mol. The maximum absolute atomic E-state index is 11.7. The molecule has 0 fully saturated rings. The third-order valence-electron chi connectivity index (χ3n) is 2.69. The summed E-state index contributed by atoms with van der Waals surface area (Å²) in [7, 11) is 0. The smallest absolute Gasteiger partial charge is 0.303 e. The summed E-state index contributed by atoms with van der Waals surface area (Å²) in [6, 6.07) is 6.81. The fraction of sp³-hybridized carbons (Fsp3) is 0.429. The molecule has 1 aromatic carbocycles. The second kappa shape index (κ2) is 8.53.